The predicted octanol–water partition coefficient (Wildman–Crippen LogP) is 2.03. The first-order valence-corrected chi connectivity index (χ1v) is 5.49. The van der Waals surface area contributed by atoms with E-state index in [1.165, 1.54) is 0 Å². The van der Waals surface area contributed by atoms with Gasteiger partial charge in [-0.1, -0.05) is 11.6 Å². The summed E-state index contributed by atoms with van der Waals surface area (Å²) in [5.41, 5.74) is 0.883. The lowest BCUT2D eigenvalue weighted by atomic mass is 10.1. The summed E-state index contributed by atoms with van der Waals surface area (Å²) in [4.78, 5) is 0. The van der Waals surface area contributed by atoms with E-state index in [9.17, 15) is 0 Å². The molecule has 0 N–H and O–H groups in total. The van der Waals surface area contributed by atoms with Crippen molar-refractivity contribution >= 4 is 11.6 Å². The van der Waals surface area contributed by atoms with Gasteiger partial charge in [0.1, 0.15) is 5.15 Å². The normalized spacial score (nSPS) is 18.3. The van der Waals surface area contributed by atoms with Crippen molar-refractivity contribution < 1.29 is 9.47 Å². The maximum atomic E-state index is 6.12. The fourth-order valence-electron chi connectivity index (χ4n) is 1.82. The first-order chi connectivity index (χ1) is 7.31. The van der Waals surface area contributed by atoms with Gasteiger partial charge >= 0.3 is 0 Å². The van der Waals surface area contributed by atoms with Crippen LogP contribution in [0.15, 0.2) is 6.07 Å². The first-order valence-electron chi connectivity index (χ1n) is 5.12. The van der Waals surface area contributed by atoms with Gasteiger partial charge in [-0.25, -0.2) is 0 Å². The van der Waals surface area contributed by atoms with Crippen LogP contribution in [0.3, 0.4) is 0 Å². The van der Waals surface area contributed by atoms with Crippen LogP contribution in [-0.4, -0.2) is 30.1 Å². The van der Waals surface area contributed by atoms with E-state index in [1.807, 2.05) is 10.7 Å². The number of halogens is 1. The number of nitrogens with zero attached hydrogens (tertiary/aromatic N) is 2. The van der Waals surface area contributed by atoms with Gasteiger partial charge in [0.15, 0.2) is 0 Å². The Morgan fingerprint density at radius 3 is 3.00 bits per heavy atom. The molecule has 0 bridgehead atoms. The maximum Gasteiger partial charge on any atom is 0.127 e. The Morgan fingerprint density at radius 2 is 2.33 bits per heavy atom. The van der Waals surface area contributed by atoms with Crippen molar-refractivity contribution in [1.82, 2.24) is 9.78 Å². The molecule has 1 aromatic rings. The Labute approximate surface area is 94.1 Å². The fraction of sp³-hybridized carbons (Fsp3) is 0.700. The van der Waals surface area contributed by atoms with Crippen molar-refractivity contribution in [2.45, 2.75) is 25.5 Å². The summed E-state index contributed by atoms with van der Waals surface area (Å²) in [6.45, 7) is 2.09. The predicted molar refractivity (Wildman–Crippen MR) is 57.0 cm³/mol. The molecule has 1 aliphatic rings. The van der Waals surface area contributed by atoms with Crippen LogP contribution >= 0.6 is 11.6 Å². The van der Waals surface area contributed by atoms with Crippen LogP contribution in [0.1, 0.15) is 24.6 Å². The fourth-order valence-corrected chi connectivity index (χ4v) is 2.12. The van der Waals surface area contributed by atoms with E-state index >= 15 is 0 Å². The van der Waals surface area contributed by atoms with E-state index in [2.05, 4.69) is 5.10 Å². The summed E-state index contributed by atoms with van der Waals surface area (Å²) in [5, 5.41) is 5.12. The van der Waals surface area contributed by atoms with Crippen molar-refractivity contribution in [2.24, 2.45) is 0 Å². The SMILES string of the molecule is COCc1cc(Cl)n(C2CCOCC2)n1. The molecule has 1 saturated heterocycles. The van der Waals surface area contributed by atoms with E-state index in [0.717, 1.165) is 31.7 Å². The molecule has 0 saturated carbocycles. The Bertz CT molecular complexity index is 321. The number of aromatic nitrogens is 2. The summed E-state index contributed by atoms with van der Waals surface area (Å²) in [5.74, 6) is 0. The molecule has 5 heteroatoms. The third kappa shape index (κ3) is 2.51. The second-order valence-corrected chi connectivity index (χ2v) is 4.07. The molecule has 1 aliphatic heterocycles. The van der Waals surface area contributed by atoms with Crippen LogP contribution in [0.25, 0.3) is 0 Å². The lowest BCUT2D eigenvalue weighted by Crippen LogP contribution is -2.20. The van der Waals surface area contributed by atoms with Gasteiger partial charge in [-0.05, 0) is 12.8 Å². The molecule has 0 aromatic carbocycles. The molecular formula is C10H15ClN2O2. The molecule has 84 valence electrons. The van der Waals surface area contributed by atoms with E-state index in [-0.39, 0.29) is 0 Å². The number of rotatable bonds is 3. The molecule has 0 spiro atoms. The van der Waals surface area contributed by atoms with Crippen molar-refractivity contribution in [2.75, 3.05) is 20.3 Å². The van der Waals surface area contributed by atoms with Crippen LogP contribution < -0.4 is 0 Å². The summed E-state index contributed by atoms with van der Waals surface area (Å²) in [7, 11) is 1.65. The third-order valence-corrected chi connectivity index (χ3v) is 2.85. The largest absolute Gasteiger partial charge is 0.381 e. The smallest absolute Gasteiger partial charge is 0.127 e. The second-order valence-electron chi connectivity index (χ2n) is 3.68. The van der Waals surface area contributed by atoms with E-state index < -0.39 is 0 Å². The van der Waals surface area contributed by atoms with Gasteiger partial charge < -0.3 is 9.47 Å². The van der Waals surface area contributed by atoms with E-state index in [0.29, 0.717) is 17.8 Å². The van der Waals surface area contributed by atoms with Crippen LogP contribution in [0.2, 0.25) is 5.15 Å². The lowest BCUT2D eigenvalue weighted by Gasteiger charge is -2.22. The van der Waals surface area contributed by atoms with E-state index in [1.54, 1.807) is 7.11 Å². The second kappa shape index (κ2) is 4.96. The van der Waals surface area contributed by atoms with Gasteiger partial charge in [0.2, 0.25) is 0 Å². The lowest BCUT2D eigenvalue weighted by molar-refractivity contribution is 0.0659. The molecule has 15 heavy (non-hydrogen) atoms. The van der Waals surface area contributed by atoms with Crippen LogP contribution in [0.4, 0.5) is 0 Å². The van der Waals surface area contributed by atoms with Gasteiger partial charge in [-0.2, -0.15) is 5.10 Å². The zero-order chi connectivity index (χ0) is 10.7. The van der Waals surface area contributed by atoms with Gasteiger partial charge in [0.05, 0.1) is 18.3 Å². The number of ether oxygens (including phenoxy) is 2. The summed E-state index contributed by atoms with van der Waals surface area (Å²) in [6.07, 6.45) is 1.96. The van der Waals surface area contributed by atoms with Crippen molar-refractivity contribution in [3.05, 3.63) is 16.9 Å². The monoisotopic (exact) mass is 230 g/mol. The zero-order valence-electron chi connectivity index (χ0n) is 8.78. The quantitative estimate of drug-likeness (QED) is 0.797. The highest BCUT2D eigenvalue weighted by Gasteiger charge is 2.19. The minimum Gasteiger partial charge on any atom is -0.381 e. The minimum atomic E-state index is 0.372. The van der Waals surface area contributed by atoms with Crippen LogP contribution in [0, 0.1) is 0 Å². The first kappa shape index (κ1) is 10.9. The Balaban J connectivity index is 2.11. The minimum absolute atomic E-state index is 0.372. The van der Waals surface area contributed by atoms with Gasteiger partial charge in [0.25, 0.3) is 0 Å². The average Bonchev–Trinajstić information content (AvgIpc) is 2.61. The van der Waals surface area contributed by atoms with Gasteiger partial charge in [0, 0.05) is 26.4 Å². The Kier molecular flexibility index (Phi) is 3.61. The highest BCUT2D eigenvalue weighted by molar-refractivity contribution is 6.29. The van der Waals surface area contributed by atoms with Crippen molar-refractivity contribution in [3.8, 4) is 0 Å². The molecule has 2 rings (SSSR count). The molecule has 0 aliphatic carbocycles. The maximum absolute atomic E-state index is 6.12. The summed E-state index contributed by atoms with van der Waals surface area (Å²) >= 11 is 6.12. The molecule has 0 radical (unpaired) electrons. The molecule has 2 heterocycles. The molecule has 0 unspecified atom stereocenters. The van der Waals surface area contributed by atoms with Gasteiger partial charge in [-0.3, -0.25) is 4.68 Å². The third-order valence-electron chi connectivity index (χ3n) is 2.57. The number of methoxy groups -OCH3 is 1. The molecule has 1 aromatic heterocycles. The molecule has 0 atom stereocenters. The van der Waals surface area contributed by atoms with Crippen LogP contribution in [-0.2, 0) is 16.1 Å². The Morgan fingerprint density at radius 1 is 1.60 bits per heavy atom. The topological polar surface area (TPSA) is 36.3 Å². The average molecular weight is 231 g/mol. The summed E-state index contributed by atoms with van der Waals surface area (Å²) < 4.78 is 12.2. The van der Waals surface area contributed by atoms with Crippen molar-refractivity contribution in [1.29, 1.82) is 0 Å². The Hall–Kier alpha value is -0.580. The highest BCUT2D eigenvalue weighted by Crippen LogP contribution is 2.25. The summed E-state index contributed by atoms with van der Waals surface area (Å²) in [6, 6.07) is 2.23. The number of hydrogen-bond donors (Lipinski definition) is 0. The highest BCUT2D eigenvalue weighted by atomic mass is 35.5. The molecule has 0 amide bonds. The zero-order valence-corrected chi connectivity index (χ0v) is 9.54. The number of hydrogen-bond acceptors (Lipinski definition) is 3. The van der Waals surface area contributed by atoms with Gasteiger partial charge in [-0.15, -0.1) is 0 Å². The van der Waals surface area contributed by atoms with Crippen molar-refractivity contribution in [3.63, 3.8) is 0 Å². The molecule has 1 fully saturated rings. The van der Waals surface area contributed by atoms with Crippen LogP contribution in [0.5, 0.6) is 0 Å². The standard InChI is InChI=1S/C10H15ClN2O2/c1-14-7-8-6-10(11)13(12-8)9-2-4-15-5-3-9/h6,9H,2-5,7H2,1H3. The van der Waals surface area contributed by atoms with E-state index in [4.69, 9.17) is 21.1 Å². The molecule has 4 nitrogen and oxygen atoms in total. The molecular weight excluding hydrogens is 216 g/mol.